The van der Waals surface area contributed by atoms with E-state index < -0.39 is 51.1 Å². The van der Waals surface area contributed by atoms with Crippen LogP contribution in [0.2, 0.25) is 0 Å². The Hall–Kier alpha value is -3.34. The summed E-state index contributed by atoms with van der Waals surface area (Å²) >= 11 is 0. The van der Waals surface area contributed by atoms with Crippen molar-refractivity contribution in [3.63, 3.8) is 0 Å². The summed E-state index contributed by atoms with van der Waals surface area (Å²) in [6.07, 6.45) is 55.2. The van der Waals surface area contributed by atoms with Gasteiger partial charge in [-0.15, -0.1) is 0 Å². The zero-order chi connectivity index (χ0) is 45.6. The van der Waals surface area contributed by atoms with E-state index in [4.69, 9.17) is 24.8 Å². The number of carboxylic acid groups (broad SMARTS) is 1. The van der Waals surface area contributed by atoms with Crippen LogP contribution in [0.25, 0.3) is 0 Å². The smallest absolute Gasteiger partial charge is 0.472 e. The molecule has 3 unspecified atom stereocenters. The lowest BCUT2D eigenvalue weighted by Crippen LogP contribution is -2.34. The normalized spacial score (nSPS) is 14.4. The highest BCUT2D eigenvalue weighted by Gasteiger charge is 2.28. The third-order valence-corrected chi connectivity index (χ3v) is 10.6. The highest BCUT2D eigenvalue weighted by Crippen LogP contribution is 2.43. The lowest BCUT2D eigenvalue weighted by Gasteiger charge is -2.20. The molecular weight excluding hydrogens is 806 g/mol. The molecular formula is C50H84NO10P. The fourth-order valence-corrected chi connectivity index (χ4v) is 6.75. The second kappa shape index (κ2) is 44.3. The number of aliphatic carboxylic acids is 1. The summed E-state index contributed by atoms with van der Waals surface area (Å²) in [5.74, 6) is -2.49. The van der Waals surface area contributed by atoms with Crippen molar-refractivity contribution < 1.29 is 47.5 Å². The quantitative estimate of drug-likeness (QED) is 0.0230. The Morgan fingerprint density at radius 2 is 0.935 bits per heavy atom. The summed E-state index contributed by atoms with van der Waals surface area (Å²) in [6, 6.07) is -1.54. The molecule has 0 aromatic heterocycles. The van der Waals surface area contributed by atoms with Crippen molar-refractivity contribution in [2.24, 2.45) is 5.73 Å². The van der Waals surface area contributed by atoms with Gasteiger partial charge in [0.1, 0.15) is 12.6 Å². The Balaban J connectivity index is 4.43. The molecule has 354 valence electrons. The number of unbranched alkanes of at least 4 members (excludes halogenated alkanes) is 15. The summed E-state index contributed by atoms with van der Waals surface area (Å²) in [4.78, 5) is 46.0. The van der Waals surface area contributed by atoms with Crippen LogP contribution in [-0.2, 0) is 37.5 Å². The molecule has 0 bridgehead atoms. The van der Waals surface area contributed by atoms with Crippen molar-refractivity contribution in [1.82, 2.24) is 0 Å². The van der Waals surface area contributed by atoms with Gasteiger partial charge in [0.2, 0.25) is 0 Å². The number of hydrogen-bond donors (Lipinski definition) is 3. The molecule has 0 radical (unpaired) electrons. The number of phosphoric ester groups is 1. The Kier molecular flexibility index (Phi) is 41.9. The molecule has 11 nitrogen and oxygen atoms in total. The molecule has 0 saturated carbocycles. The zero-order valence-electron chi connectivity index (χ0n) is 38.4. The van der Waals surface area contributed by atoms with Gasteiger partial charge in [0, 0.05) is 12.8 Å². The summed E-state index contributed by atoms with van der Waals surface area (Å²) in [7, 11) is -4.74. The van der Waals surface area contributed by atoms with Crippen molar-refractivity contribution in [3.8, 4) is 0 Å². The number of ether oxygens (including phenoxy) is 2. The minimum atomic E-state index is -4.74. The SMILES string of the molecule is CC/C=C\C/C=C\C/C=C\C/C=C\C/C=C\C/C=C\CCC(=O)OC(COC(=O)CCCCCCCCCCC/C=C\CCCCCCCC)COP(=O)(O)OCC(N)C(=O)O. The number of rotatable bonds is 43. The van der Waals surface area contributed by atoms with Gasteiger partial charge in [-0.05, 0) is 77.0 Å². The molecule has 0 saturated heterocycles. The second-order valence-electron chi connectivity index (χ2n) is 15.5. The Morgan fingerprint density at radius 1 is 0.516 bits per heavy atom. The molecule has 0 aliphatic rings. The van der Waals surface area contributed by atoms with E-state index in [1.165, 1.54) is 83.5 Å². The van der Waals surface area contributed by atoms with Crippen LogP contribution in [0.3, 0.4) is 0 Å². The van der Waals surface area contributed by atoms with Crippen LogP contribution in [0.4, 0.5) is 0 Å². The van der Waals surface area contributed by atoms with Crippen LogP contribution in [0.5, 0.6) is 0 Å². The van der Waals surface area contributed by atoms with E-state index in [9.17, 15) is 23.8 Å². The molecule has 0 amide bonds. The number of phosphoric acid groups is 1. The maximum absolute atomic E-state index is 12.6. The van der Waals surface area contributed by atoms with Gasteiger partial charge in [0.25, 0.3) is 0 Å². The molecule has 0 aromatic rings. The highest BCUT2D eigenvalue weighted by molar-refractivity contribution is 7.47. The minimum absolute atomic E-state index is 0.0318. The molecule has 4 N–H and O–H groups in total. The first-order valence-corrected chi connectivity index (χ1v) is 25.1. The van der Waals surface area contributed by atoms with Gasteiger partial charge in [-0.2, -0.15) is 0 Å². The molecule has 0 spiro atoms. The van der Waals surface area contributed by atoms with Crippen LogP contribution in [0, 0.1) is 0 Å². The monoisotopic (exact) mass is 890 g/mol. The van der Waals surface area contributed by atoms with E-state index in [-0.39, 0.29) is 19.4 Å². The Labute approximate surface area is 375 Å². The summed E-state index contributed by atoms with van der Waals surface area (Å²) in [6.45, 7) is 2.61. The summed E-state index contributed by atoms with van der Waals surface area (Å²) < 4.78 is 32.7. The van der Waals surface area contributed by atoms with Crippen LogP contribution in [0.1, 0.15) is 181 Å². The van der Waals surface area contributed by atoms with Crippen molar-refractivity contribution in [2.75, 3.05) is 19.8 Å². The van der Waals surface area contributed by atoms with E-state index in [0.29, 0.717) is 19.3 Å². The van der Waals surface area contributed by atoms with Crippen molar-refractivity contribution in [2.45, 2.75) is 193 Å². The van der Waals surface area contributed by atoms with Gasteiger partial charge in [-0.1, -0.05) is 176 Å². The number of carbonyl (C=O) groups excluding carboxylic acids is 2. The predicted octanol–water partition coefficient (Wildman–Crippen LogP) is 13.1. The number of esters is 2. The largest absolute Gasteiger partial charge is 0.480 e. The van der Waals surface area contributed by atoms with Crippen LogP contribution < -0.4 is 5.73 Å². The summed E-state index contributed by atoms with van der Waals surface area (Å²) in [5, 5.41) is 8.90. The maximum Gasteiger partial charge on any atom is 0.472 e. The fourth-order valence-electron chi connectivity index (χ4n) is 5.97. The van der Waals surface area contributed by atoms with E-state index in [2.05, 4.69) is 85.2 Å². The third kappa shape index (κ3) is 43.3. The predicted molar refractivity (Wildman–Crippen MR) is 254 cm³/mol. The van der Waals surface area contributed by atoms with E-state index in [1.54, 1.807) is 0 Å². The second-order valence-corrected chi connectivity index (χ2v) is 17.0. The first-order chi connectivity index (χ1) is 30.1. The molecule has 62 heavy (non-hydrogen) atoms. The van der Waals surface area contributed by atoms with Gasteiger partial charge in [0.05, 0.1) is 13.2 Å². The molecule has 12 heteroatoms. The molecule has 0 aromatic carbocycles. The van der Waals surface area contributed by atoms with Gasteiger partial charge < -0.3 is 25.2 Å². The zero-order valence-corrected chi connectivity index (χ0v) is 39.3. The lowest BCUT2D eigenvalue weighted by molar-refractivity contribution is -0.161. The summed E-state index contributed by atoms with van der Waals surface area (Å²) in [5.41, 5.74) is 5.34. The van der Waals surface area contributed by atoms with Crippen molar-refractivity contribution in [1.29, 1.82) is 0 Å². The molecule has 0 fully saturated rings. The van der Waals surface area contributed by atoms with Crippen LogP contribution >= 0.6 is 7.82 Å². The molecule has 0 aliphatic heterocycles. The van der Waals surface area contributed by atoms with Crippen LogP contribution in [0.15, 0.2) is 85.1 Å². The average Bonchev–Trinajstić information content (AvgIpc) is 3.25. The van der Waals surface area contributed by atoms with E-state index in [0.717, 1.165) is 51.4 Å². The first-order valence-electron chi connectivity index (χ1n) is 23.6. The lowest BCUT2D eigenvalue weighted by atomic mass is 10.1. The highest BCUT2D eigenvalue weighted by atomic mass is 31.2. The molecule has 3 atom stereocenters. The number of nitrogens with two attached hydrogens (primary N) is 1. The van der Waals surface area contributed by atoms with Crippen molar-refractivity contribution >= 4 is 25.7 Å². The molecule has 0 rings (SSSR count). The number of carboxylic acids is 1. The molecule has 0 heterocycles. The Bertz CT molecular complexity index is 1370. The maximum atomic E-state index is 12.6. The van der Waals surface area contributed by atoms with Gasteiger partial charge in [0.15, 0.2) is 6.10 Å². The average molecular weight is 890 g/mol. The Morgan fingerprint density at radius 3 is 1.42 bits per heavy atom. The minimum Gasteiger partial charge on any atom is -0.480 e. The van der Waals surface area contributed by atoms with E-state index in [1.807, 2.05) is 18.2 Å². The van der Waals surface area contributed by atoms with Crippen LogP contribution in [-0.4, -0.2) is 59.9 Å². The number of allylic oxidation sites excluding steroid dienone is 14. The van der Waals surface area contributed by atoms with E-state index >= 15 is 0 Å². The number of carbonyl (C=O) groups is 3. The van der Waals surface area contributed by atoms with Gasteiger partial charge in [-0.3, -0.25) is 23.4 Å². The molecule has 0 aliphatic carbocycles. The third-order valence-electron chi connectivity index (χ3n) is 9.64. The van der Waals surface area contributed by atoms with Crippen molar-refractivity contribution in [3.05, 3.63) is 85.1 Å². The van der Waals surface area contributed by atoms with Gasteiger partial charge in [-0.25, -0.2) is 4.57 Å². The number of hydrogen-bond acceptors (Lipinski definition) is 9. The van der Waals surface area contributed by atoms with Gasteiger partial charge >= 0.3 is 25.7 Å². The topological polar surface area (TPSA) is 172 Å². The first kappa shape index (κ1) is 58.7. The standard InChI is InChI=1S/C50H84NO10P/c1-3-5-7-9-11-13-15-17-19-21-23-25-27-29-31-33-35-37-39-41-48(52)58-43-46(44-59-62(56,57)60-45-47(51)50(54)55)61-49(53)42-40-38-36-34-32-30-28-26-24-22-20-18-16-14-12-10-8-6-4-2/h6,8,12,14,17-20,24,26,30,32,36,38,46-47H,3-5,7,9-11,13,15-16,21-23,25,27-29,31,33-35,37,39-45,51H2,1-2H3,(H,54,55)(H,56,57)/b8-6-,14-12-,19-17-,20-18-,26-24-,32-30-,38-36-. The fraction of sp³-hybridized carbons (Fsp3) is 0.660.